The molecular formula is C17H18O3. The van der Waals surface area contributed by atoms with Gasteiger partial charge in [0.1, 0.15) is 11.7 Å². The second-order valence-electron chi connectivity index (χ2n) is 6.39. The van der Waals surface area contributed by atoms with E-state index in [-0.39, 0.29) is 17.8 Å². The summed E-state index contributed by atoms with van der Waals surface area (Å²) in [5.74, 6) is 0.233. The zero-order valence-electron chi connectivity index (χ0n) is 11.5. The second kappa shape index (κ2) is 3.95. The number of ether oxygens (including phenoxy) is 1. The molecule has 20 heavy (non-hydrogen) atoms. The molecule has 0 amide bonds. The van der Waals surface area contributed by atoms with Crippen molar-refractivity contribution in [3.05, 3.63) is 47.5 Å². The monoisotopic (exact) mass is 270 g/mol. The lowest BCUT2D eigenvalue weighted by Crippen LogP contribution is -2.44. The predicted molar refractivity (Wildman–Crippen MR) is 74.0 cm³/mol. The normalized spacial score (nSPS) is 42.1. The van der Waals surface area contributed by atoms with Crippen LogP contribution in [0.25, 0.3) is 0 Å². The van der Waals surface area contributed by atoms with Crippen LogP contribution in [0, 0.1) is 11.8 Å². The van der Waals surface area contributed by atoms with E-state index in [0.717, 1.165) is 18.4 Å². The number of rotatable bonds is 1. The highest BCUT2D eigenvalue weighted by atomic mass is 16.6. The smallest absolute Gasteiger partial charge is 0.337 e. The van der Waals surface area contributed by atoms with Gasteiger partial charge in [-0.05, 0) is 30.2 Å². The maximum Gasteiger partial charge on any atom is 0.337 e. The molecule has 3 aliphatic rings. The summed E-state index contributed by atoms with van der Waals surface area (Å²) < 4.78 is 5.56. The van der Waals surface area contributed by atoms with Gasteiger partial charge in [0.05, 0.1) is 5.57 Å². The molecule has 0 radical (unpaired) electrons. The van der Waals surface area contributed by atoms with Crippen LogP contribution in [0.3, 0.4) is 0 Å². The van der Waals surface area contributed by atoms with E-state index in [2.05, 4.69) is 19.1 Å². The molecule has 1 aromatic carbocycles. The van der Waals surface area contributed by atoms with Crippen molar-refractivity contribution in [1.29, 1.82) is 0 Å². The first-order valence-electron chi connectivity index (χ1n) is 7.31. The summed E-state index contributed by atoms with van der Waals surface area (Å²) in [6.45, 7) is 2.10. The van der Waals surface area contributed by atoms with Gasteiger partial charge in [0.2, 0.25) is 0 Å². The topological polar surface area (TPSA) is 46.5 Å². The standard InChI is InChI=1S/C17H18O3/c1-10-7-12-9-13(11-5-3-2-4-6-11)15-17(12,19)14(8-10)16(18)20-15/h2-6,8,10,12-13,15,19H,7,9H2,1H3/t10-,12+,13+,15?,17+/m1/s1. The van der Waals surface area contributed by atoms with Crippen molar-refractivity contribution >= 4 is 5.97 Å². The summed E-state index contributed by atoms with van der Waals surface area (Å²) in [5.41, 5.74) is 0.594. The number of benzene rings is 1. The Bertz CT molecular complexity index is 592. The molecule has 0 spiro atoms. The fourth-order valence-corrected chi connectivity index (χ4v) is 4.33. The van der Waals surface area contributed by atoms with Gasteiger partial charge in [-0.3, -0.25) is 0 Å². The quantitative estimate of drug-likeness (QED) is 0.797. The molecule has 1 heterocycles. The number of hydrogen-bond donors (Lipinski definition) is 1. The maximum atomic E-state index is 12.1. The number of esters is 1. The number of carbonyl (C=O) groups is 1. The molecule has 1 unspecified atom stereocenters. The summed E-state index contributed by atoms with van der Waals surface area (Å²) >= 11 is 0. The zero-order valence-corrected chi connectivity index (χ0v) is 11.5. The molecule has 5 atom stereocenters. The summed E-state index contributed by atoms with van der Waals surface area (Å²) in [6.07, 6.45) is 3.31. The Morgan fingerprint density at radius 2 is 2.00 bits per heavy atom. The fourth-order valence-electron chi connectivity index (χ4n) is 4.33. The van der Waals surface area contributed by atoms with E-state index in [1.165, 1.54) is 0 Å². The summed E-state index contributed by atoms with van der Waals surface area (Å²) in [6, 6.07) is 10.1. The van der Waals surface area contributed by atoms with Crippen molar-refractivity contribution < 1.29 is 14.6 Å². The number of aliphatic hydroxyl groups is 1. The SMILES string of the molecule is C[C@H]1C=C2C(=O)OC3[C@H](c4ccccc4)C[C@H](C1)[C@]23O. The van der Waals surface area contributed by atoms with Gasteiger partial charge >= 0.3 is 5.97 Å². The molecule has 0 aromatic heterocycles. The summed E-state index contributed by atoms with van der Waals surface area (Å²) in [7, 11) is 0. The highest BCUT2D eigenvalue weighted by molar-refractivity contribution is 5.94. The summed E-state index contributed by atoms with van der Waals surface area (Å²) in [4.78, 5) is 12.1. The minimum atomic E-state index is -1.07. The van der Waals surface area contributed by atoms with E-state index in [1.54, 1.807) is 0 Å². The Morgan fingerprint density at radius 1 is 1.25 bits per heavy atom. The minimum Gasteiger partial charge on any atom is -0.455 e. The first kappa shape index (κ1) is 12.2. The molecule has 0 bridgehead atoms. The third kappa shape index (κ3) is 1.41. The predicted octanol–water partition coefficient (Wildman–Crippen LogP) is 2.41. The van der Waals surface area contributed by atoms with E-state index < -0.39 is 11.7 Å². The van der Waals surface area contributed by atoms with Gasteiger partial charge in [0.15, 0.2) is 0 Å². The van der Waals surface area contributed by atoms with Gasteiger partial charge in [0.25, 0.3) is 0 Å². The van der Waals surface area contributed by atoms with Crippen molar-refractivity contribution in [2.75, 3.05) is 0 Å². The van der Waals surface area contributed by atoms with Crippen LogP contribution in [0.2, 0.25) is 0 Å². The third-order valence-corrected chi connectivity index (χ3v) is 5.18. The molecule has 4 rings (SSSR count). The molecule has 3 nitrogen and oxygen atoms in total. The number of allylic oxidation sites excluding steroid dienone is 1. The van der Waals surface area contributed by atoms with Crippen molar-refractivity contribution in [3.63, 3.8) is 0 Å². The van der Waals surface area contributed by atoms with Crippen LogP contribution in [0.5, 0.6) is 0 Å². The van der Waals surface area contributed by atoms with Crippen LogP contribution >= 0.6 is 0 Å². The highest BCUT2D eigenvalue weighted by Crippen LogP contribution is 2.57. The third-order valence-electron chi connectivity index (χ3n) is 5.18. The van der Waals surface area contributed by atoms with Crippen LogP contribution in [0.4, 0.5) is 0 Å². The van der Waals surface area contributed by atoms with Gasteiger partial charge in [-0.15, -0.1) is 0 Å². The van der Waals surface area contributed by atoms with Crippen LogP contribution in [0.1, 0.15) is 31.2 Å². The van der Waals surface area contributed by atoms with Gasteiger partial charge < -0.3 is 9.84 Å². The molecule has 1 saturated heterocycles. The number of carbonyl (C=O) groups excluding carboxylic acids is 1. The average Bonchev–Trinajstić information content (AvgIpc) is 2.86. The van der Waals surface area contributed by atoms with Crippen LogP contribution in [0.15, 0.2) is 42.0 Å². The molecule has 1 aliphatic heterocycles. The molecule has 2 aliphatic carbocycles. The second-order valence-corrected chi connectivity index (χ2v) is 6.39. The van der Waals surface area contributed by atoms with Crippen LogP contribution < -0.4 is 0 Å². The van der Waals surface area contributed by atoms with Gasteiger partial charge in [-0.25, -0.2) is 4.79 Å². The van der Waals surface area contributed by atoms with Gasteiger partial charge in [0, 0.05) is 5.92 Å². The first-order valence-corrected chi connectivity index (χ1v) is 7.31. The van der Waals surface area contributed by atoms with Crippen molar-refractivity contribution in [2.45, 2.75) is 37.4 Å². The lowest BCUT2D eigenvalue weighted by Gasteiger charge is -2.33. The Labute approximate surface area is 118 Å². The molecule has 1 saturated carbocycles. The molecule has 2 fully saturated rings. The van der Waals surface area contributed by atoms with Gasteiger partial charge in [-0.1, -0.05) is 43.3 Å². The minimum absolute atomic E-state index is 0.103. The van der Waals surface area contributed by atoms with Crippen LogP contribution in [-0.2, 0) is 9.53 Å². The Kier molecular flexibility index (Phi) is 2.40. The van der Waals surface area contributed by atoms with Crippen molar-refractivity contribution in [3.8, 4) is 0 Å². The molecule has 1 aromatic rings. The van der Waals surface area contributed by atoms with Crippen molar-refractivity contribution in [1.82, 2.24) is 0 Å². The fraction of sp³-hybridized carbons (Fsp3) is 0.471. The maximum absolute atomic E-state index is 12.1. The van der Waals surface area contributed by atoms with Gasteiger partial charge in [-0.2, -0.15) is 0 Å². The van der Waals surface area contributed by atoms with E-state index in [0.29, 0.717) is 11.5 Å². The molecule has 104 valence electrons. The average molecular weight is 270 g/mol. The summed E-state index contributed by atoms with van der Waals surface area (Å²) in [5, 5.41) is 11.1. The molecular weight excluding hydrogens is 252 g/mol. The Balaban J connectivity index is 1.80. The Hall–Kier alpha value is -1.61. The lowest BCUT2D eigenvalue weighted by atomic mass is 9.73. The van der Waals surface area contributed by atoms with Crippen LogP contribution in [-0.4, -0.2) is 22.8 Å². The number of hydrogen-bond acceptors (Lipinski definition) is 3. The Morgan fingerprint density at radius 3 is 2.75 bits per heavy atom. The van der Waals surface area contributed by atoms with E-state index in [1.807, 2.05) is 24.3 Å². The highest BCUT2D eigenvalue weighted by Gasteiger charge is 2.65. The van der Waals surface area contributed by atoms with E-state index in [4.69, 9.17) is 4.74 Å². The van der Waals surface area contributed by atoms with E-state index >= 15 is 0 Å². The molecule has 1 N–H and O–H groups in total. The largest absolute Gasteiger partial charge is 0.455 e. The first-order chi connectivity index (χ1) is 9.60. The lowest BCUT2D eigenvalue weighted by molar-refractivity contribution is -0.141. The van der Waals surface area contributed by atoms with Crippen molar-refractivity contribution in [2.24, 2.45) is 11.8 Å². The molecule has 3 heteroatoms. The zero-order chi connectivity index (χ0) is 13.9. The van der Waals surface area contributed by atoms with E-state index in [9.17, 15) is 9.90 Å².